The highest BCUT2D eigenvalue weighted by Crippen LogP contribution is 2.27. The molecule has 0 spiro atoms. The van der Waals surface area contributed by atoms with Crippen molar-refractivity contribution < 1.29 is 9.59 Å². The Balaban J connectivity index is 1.99. The number of aromatic nitrogens is 2. The molecule has 1 fully saturated rings. The van der Waals surface area contributed by atoms with Crippen LogP contribution in [0.4, 0.5) is 5.13 Å². The van der Waals surface area contributed by atoms with Crippen molar-refractivity contribution in [2.45, 2.75) is 46.1 Å². The van der Waals surface area contributed by atoms with Crippen LogP contribution in [0.25, 0.3) is 0 Å². The van der Waals surface area contributed by atoms with Gasteiger partial charge in [0.1, 0.15) is 5.01 Å². The number of nitrogens with one attached hydrogen (secondary N) is 1. The molecule has 1 aliphatic heterocycles. The van der Waals surface area contributed by atoms with E-state index >= 15 is 0 Å². The van der Waals surface area contributed by atoms with Crippen LogP contribution in [-0.2, 0) is 16.0 Å². The van der Waals surface area contributed by atoms with E-state index in [1.807, 2.05) is 27.7 Å². The van der Waals surface area contributed by atoms with Crippen molar-refractivity contribution in [2.24, 2.45) is 5.92 Å². The first-order valence-electron chi connectivity index (χ1n) is 6.75. The Labute approximate surface area is 122 Å². The zero-order valence-corrected chi connectivity index (χ0v) is 13.1. The van der Waals surface area contributed by atoms with Crippen LogP contribution in [0, 0.1) is 5.92 Å². The number of nitrogens with zero attached hydrogens (tertiary/aromatic N) is 3. The molecule has 7 heteroatoms. The molecule has 0 radical (unpaired) electrons. The number of amides is 2. The lowest BCUT2D eigenvalue weighted by Crippen LogP contribution is -2.42. The molecule has 20 heavy (non-hydrogen) atoms. The number of anilines is 1. The Morgan fingerprint density at radius 1 is 1.45 bits per heavy atom. The van der Waals surface area contributed by atoms with E-state index in [2.05, 4.69) is 15.5 Å². The molecule has 1 saturated heterocycles. The summed E-state index contributed by atoms with van der Waals surface area (Å²) in [6, 6.07) is 0. The maximum Gasteiger partial charge on any atom is 0.231 e. The summed E-state index contributed by atoms with van der Waals surface area (Å²) >= 11 is 1.37. The monoisotopic (exact) mass is 296 g/mol. The van der Waals surface area contributed by atoms with E-state index < -0.39 is 0 Å². The number of likely N-dealkylation sites (tertiary alicyclic amines) is 1. The summed E-state index contributed by atoms with van der Waals surface area (Å²) in [5.74, 6) is -0.427. The Morgan fingerprint density at radius 2 is 2.15 bits per heavy atom. The van der Waals surface area contributed by atoms with Gasteiger partial charge in [0.25, 0.3) is 0 Å². The van der Waals surface area contributed by atoms with Crippen LogP contribution in [0.15, 0.2) is 0 Å². The number of carbonyl (C=O) groups is 2. The molecule has 1 aliphatic rings. The third-order valence-corrected chi connectivity index (χ3v) is 4.29. The predicted octanol–water partition coefficient (Wildman–Crippen LogP) is 1.69. The predicted molar refractivity (Wildman–Crippen MR) is 77.5 cm³/mol. The Kier molecular flexibility index (Phi) is 4.08. The van der Waals surface area contributed by atoms with E-state index in [0.717, 1.165) is 11.4 Å². The van der Waals surface area contributed by atoms with Crippen molar-refractivity contribution in [2.75, 3.05) is 11.9 Å². The fourth-order valence-corrected chi connectivity index (χ4v) is 2.87. The van der Waals surface area contributed by atoms with Gasteiger partial charge in [-0.1, -0.05) is 18.3 Å². The normalized spacial score (nSPS) is 19.5. The first-order chi connectivity index (χ1) is 9.31. The molecule has 2 amide bonds. The molecule has 0 unspecified atom stereocenters. The second-order valence-electron chi connectivity index (χ2n) is 5.92. The summed E-state index contributed by atoms with van der Waals surface area (Å²) in [5.41, 5.74) is -0.246. The standard InChI is InChI=1S/C13H20N4O2S/c1-5-9-15-16-12(20-9)14-11(19)8-6-10(18)17(7-8)13(2,3)4/h8H,5-7H2,1-4H3,(H,14,16,19)/t8-/m1/s1. The van der Waals surface area contributed by atoms with Crippen LogP contribution in [-0.4, -0.2) is 39.0 Å². The van der Waals surface area contributed by atoms with Gasteiger partial charge >= 0.3 is 0 Å². The molecular weight excluding hydrogens is 276 g/mol. The van der Waals surface area contributed by atoms with E-state index in [4.69, 9.17) is 0 Å². The highest BCUT2D eigenvalue weighted by Gasteiger charge is 2.39. The summed E-state index contributed by atoms with van der Waals surface area (Å²) in [5, 5.41) is 12.0. The lowest BCUT2D eigenvalue weighted by Gasteiger charge is -2.31. The van der Waals surface area contributed by atoms with Crippen LogP contribution in [0.5, 0.6) is 0 Å². The van der Waals surface area contributed by atoms with Gasteiger partial charge in [0, 0.05) is 18.5 Å². The molecule has 1 atom stereocenters. The summed E-state index contributed by atoms with van der Waals surface area (Å²) in [6.45, 7) is 8.38. The second-order valence-corrected chi connectivity index (χ2v) is 6.98. The van der Waals surface area contributed by atoms with Gasteiger partial charge in [-0.15, -0.1) is 10.2 Å². The molecule has 2 heterocycles. The lowest BCUT2D eigenvalue weighted by atomic mass is 10.1. The number of hydrogen-bond acceptors (Lipinski definition) is 5. The van der Waals surface area contributed by atoms with Gasteiger partial charge in [0.15, 0.2) is 0 Å². The molecule has 0 aliphatic carbocycles. The maximum absolute atomic E-state index is 12.2. The molecule has 2 rings (SSSR count). The van der Waals surface area contributed by atoms with Crippen molar-refractivity contribution in [3.05, 3.63) is 5.01 Å². The summed E-state index contributed by atoms with van der Waals surface area (Å²) in [7, 11) is 0. The van der Waals surface area contributed by atoms with Crippen LogP contribution >= 0.6 is 11.3 Å². The number of carbonyl (C=O) groups excluding carboxylic acids is 2. The van der Waals surface area contributed by atoms with Gasteiger partial charge in [-0.25, -0.2) is 0 Å². The number of hydrogen-bond donors (Lipinski definition) is 1. The Hall–Kier alpha value is -1.50. The number of rotatable bonds is 3. The maximum atomic E-state index is 12.2. The second kappa shape index (κ2) is 5.47. The third-order valence-electron chi connectivity index (χ3n) is 3.31. The van der Waals surface area contributed by atoms with Crippen LogP contribution in [0.2, 0.25) is 0 Å². The Bertz CT molecular complexity index is 521. The molecule has 1 N–H and O–H groups in total. The fraction of sp³-hybridized carbons (Fsp3) is 0.692. The zero-order chi connectivity index (χ0) is 14.9. The molecule has 110 valence electrons. The number of aryl methyl sites for hydroxylation is 1. The summed E-state index contributed by atoms with van der Waals surface area (Å²) in [6.07, 6.45) is 1.07. The highest BCUT2D eigenvalue weighted by atomic mass is 32.1. The molecule has 6 nitrogen and oxygen atoms in total. The average Bonchev–Trinajstić information content (AvgIpc) is 2.94. The smallest absolute Gasteiger partial charge is 0.231 e. The summed E-state index contributed by atoms with van der Waals surface area (Å²) < 4.78 is 0. The molecular formula is C13H20N4O2S. The first-order valence-corrected chi connectivity index (χ1v) is 7.56. The van der Waals surface area contributed by atoms with Crippen LogP contribution in [0.1, 0.15) is 39.1 Å². The van der Waals surface area contributed by atoms with Crippen molar-refractivity contribution in [3.63, 3.8) is 0 Å². The molecule has 0 aromatic carbocycles. The van der Waals surface area contributed by atoms with Gasteiger partial charge in [-0.2, -0.15) is 0 Å². The van der Waals surface area contributed by atoms with E-state index in [-0.39, 0.29) is 29.7 Å². The van der Waals surface area contributed by atoms with Gasteiger partial charge in [-0.3, -0.25) is 9.59 Å². The minimum atomic E-state index is -0.310. The SMILES string of the molecule is CCc1nnc(NC(=O)[C@@H]2CC(=O)N(C(C)(C)C)C2)s1. The van der Waals surface area contributed by atoms with Crippen molar-refractivity contribution in [3.8, 4) is 0 Å². The van der Waals surface area contributed by atoms with Gasteiger partial charge in [-0.05, 0) is 27.2 Å². The largest absolute Gasteiger partial charge is 0.337 e. The Morgan fingerprint density at radius 3 is 2.65 bits per heavy atom. The van der Waals surface area contributed by atoms with Crippen molar-refractivity contribution in [1.82, 2.24) is 15.1 Å². The zero-order valence-electron chi connectivity index (χ0n) is 12.3. The van der Waals surface area contributed by atoms with E-state index in [1.54, 1.807) is 4.90 Å². The van der Waals surface area contributed by atoms with E-state index in [9.17, 15) is 9.59 Å². The molecule has 0 bridgehead atoms. The molecule has 0 saturated carbocycles. The highest BCUT2D eigenvalue weighted by molar-refractivity contribution is 7.15. The minimum absolute atomic E-state index is 0.0316. The fourth-order valence-electron chi connectivity index (χ4n) is 2.19. The average molecular weight is 296 g/mol. The lowest BCUT2D eigenvalue weighted by molar-refractivity contribution is -0.131. The third kappa shape index (κ3) is 3.15. The van der Waals surface area contributed by atoms with E-state index in [0.29, 0.717) is 11.7 Å². The molecule has 1 aromatic heterocycles. The van der Waals surface area contributed by atoms with Gasteiger partial charge < -0.3 is 10.2 Å². The first kappa shape index (κ1) is 14.9. The van der Waals surface area contributed by atoms with Crippen LogP contribution in [0.3, 0.4) is 0 Å². The minimum Gasteiger partial charge on any atom is -0.337 e. The quantitative estimate of drug-likeness (QED) is 0.921. The van der Waals surface area contributed by atoms with E-state index in [1.165, 1.54) is 11.3 Å². The topological polar surface area (TPSA) is 75.2 Å². The summed E-state index contributed by atoms with van der Waals surface area (Å²) in [4.78, 5) is 25.9. The van der Waals surface area contributed by atoms with Gasteiger partial charge in [0.05, 0.1) is 5.92 Å². The van der Waals surface area contributed by atoms with Crippen molar-refractivity contribution in [1.29, 1.82) is 0 Å². The van der Waals surface area contributed by atoms with Gasteiger partial charge in [0.2, 0.25) is 16.9 Å². The van der Waals surface area contributed by atoms with Crippen LogP contribution < -0.4 is 5.32 Å². The molecule has 1 aromatic rings. The van der Waals surface area contributed by atoms with Crippen molar-refractivity contribution >= 4 is 28.3 Å².